The van der Waals surface area contributed by atoms with E-state index < -0.39 is 28.8 Å². The largest absolute Gasteiger partial charge is 0.417 e. The number of ether oxygens (including phenoxy) is 1. The van der Waals surface area contributed by atoms with Gasteiger partial charge in [-0.1, -0.05) is 11.6 Å². The Kier molecular flexibility index (Phi) is 5.90. The maximum absolute atomic E-state index is 12.9. The number of benzene rings is 2. The molecule has 28 heavy (non-hydrogen) atoms. The maximum atomic E-state index is 12.9. The summed E-state index contributed by atoms with van der Waals surface area (Å²) in [5.74, 6) is -0.844. The van der Waals surface area contributed by atoms with Gasteiger partial charge < -0.3 is 15.4 Å². The lowest BCUT2D eigenvalue weighted by Gasteiger charge is -2.12. The smallest absolute Gasteiger partial charge is 0.368 e. The van der Waals surface area contributed by atoms with Crippen molar-refractivity contribution in [1.82, 2.24) is 0 Å². The molecule has 9 heteroatoms. The number of hydrogen-bond donors (Lipinski definition) is 2. The molecule has 2 amide bonds. The molecular weight excluding hydrogens is 397 g/mol. The fourth-order valence-corrected chi connectivity index (χ4v) is 2.96. The van der Waals surface area contributed by atoms with Gasteiger partial charge >= 0.3 is 6.18 Å². The number of carbonyl (C=O) groups excluding carboxylic acids is 2. The van der Waals surface area contributed by atoms with Gasteiger partial charge in [-0.15, -0.1) is 0 Å². The summed E-state index contributed by atoms with van der Waals surface area (Å²) < 4.78 is 44.0. The number of alkyl halides is 3. The molecule has 0 spiro atoms. The monoisotopic (exact) mass is 412 g/mol. The molecular formula is C19H16ClF3N2O3. The number of hydrogen-bond acceptors (Lipinski definition) is 3. The number of carbonyl (C=O) groups is 2. The Morgan fingerprint density at radius 2 is 1.71 bits per heavy atom. The molecule has 1 aliphatic heterocycles. The van der Waals surface area contributed by atoms with E-state index in [1.54, 1.807) is 0 Å². The number of anilines is 2. The standard InChI is InChI=1S/C19H16ClF3N2O3/c20-15-8-7-13(10-14(15)19(21,22)23)25-17(26)11-3-5-12(6-4-11)24-18(27)16-2-1-9-28-16/h3-8,10,16H,1-2,9H2,(H,24,27)(H,25,26). The molecule has 2 aromatic carbocycles. The Hall–Kier alpha value is -2.58. The van der Waals surface area contributed by atoms with Crippen LogP contribution in [0.4, 0.5) is 24.5 Å². The molecule has 0 aromatic heterocycles. The minimum atomic E-state index is -4.62. The van der Waals surface area contributed by atoms with Crippen LogP contribution >= 0.6 is 11.6 Å². The minimum absolute atomic E-state index is 0.0301. The van der Waals surface area contributed by atoms with E-state index in [1.165, 1.54) is 30.3 Å². The molecule has 1 aliphatic rings. The Balaban J connectivity index is 1.66. The molecule has 1 unspecified atom stereocenters. The number of rotatable bonds is 4. The highest BCUT2D eigenvalue weighted by atomic mass is 35.5. The van der Waals surface area contributed by atoms with Gasteiger partial charge in [0.2, 0.25) is 0 Å². The SMILES string of the molecule is O=C(Nc1ccc(Cl)c(C(F)(F)F)c1)c1ccc(NC(=O)C2CCCO2)cc1. The fourth-order valence-electron chi connectivity index (χ4n) is 2.74. The van der Waals surface area contributed by atoms with Gasteiger partial charge in [-0.05, 0) is 55.3 Å². The lowest BCUT2D eigenvalue weighted by molar-refractivity contribution is -0.137. The predicted molar refractivity (Wildman–Crippen MR) is 98.5 cm³/mol. The van der Waals surface area contributed by atoms with E-state index in [4.69, 9.17) is 16.3 Å². The zero-order valence-electron chi connectivity index (χ0n) is 14.5. The summed E-state index contributed by atoms with van der Waals surface area (Å²) >= 11 is 5.56. The van der Waals surface area contributed by atoms with Crippen molar-refractivity contribution in [3.8, 4) is 0 Å². The van der Waals surface area contributed by atoms with Crippen molar-refractivity contribution in [2.75, 3.05) is 17.2 Å². The molecule has 1 saturated heterocycles. The van der Waals surface area contributed by atoms with Gasteiger partial charge in [0.25, 0.3) is 11.8 Å². The molecule has 3 rings (SSSR count). The highest BCUT2D eigenvalue weighted by Gasteiger charge is 2.33. The van der Waals surface area contributed by atoms with Crippen molar-refractivity contribution < 1.29 is 27.5 Å². The second-order valence-corrected chi connectivity index (χ2v) is 6.62. The summed E-state index contributed by atoms with van der Waals surface area (Å²) in [5.41, 5.74) is -0.349. The molecule has 2 N–H and O–H groups in total. The zero-order valence-corrected chi connectivity index (χ0v) is 15.2. The molecule has 0 bridgehead atoms. The van der Waals surface area contributed by atoms with Crippen molar-refractivity contribution in [2.24, 2.45) is 0 Å². The first-order valence-corrected chi connectivity index (χ1v) is 8.82. The van der Waals surface area contributed by atoms with Gasteiger partial charge in [0.15, 0.2) is 0 Å². The van der Waals surface area contributed by atoms with Crippen LogP contribution in [0.25, 0.3) is 0 Å². The zero-order chi connectivity index (χ0) is 20.3. The third kappa shape index (κ3) is 4.82. The lowest BCUT2D eigenvalue weighted by Crippen LogP contribution is -2.26. The predicted octanol–water partition coefficient (Wildman–Crippen LogP) is 4.73. The van der Waals surface area contributed by atoms with E-state index in [0.29, 0.717) is 18.7 Å². The first kappa shape index (κ1) is 20.2. The Bertz CT molecular complexity index is 879. The summed E-state index contributed by atoms with van der Waals surface area (Å²) in [6.07, 6.45) is -3.61. The summed E-state index contributed by atoms with van der Waals surface area (Å²) in [6, 6.07) is 9.11. The summed E-state index contributed by atoms with van der Waals surface area (Å²) in [4.78, 5) is 24.3. The molecule has 1 fully saturated rings. The molecule has 5 nitrogen and oxygen atoms in total. The normalized spacial score (nSPS) is 16.6. The Labute approximate surface area is 163 Å². The first-order chi connectivity index (χ1) is 13.2. The van der Waals surface area contributed by atoms with Gasteiger partial charge in [-0.25, -0.2) is 0 Å². The number of amides is 2. The molecule has 1 heterocycles. The molecule has 0 aliphatic carbocycles. The summed E-state index contributed by atoms with van der Waals surface area (Å²) in [5, 5.41) is 4.65. The van der Waals surface area contributed by atoms with Gasteiger partial charge in [0, 0.05) is 23.5 Å². The molecule has 2 aromatic rings. The van der Waals surface area contributed by atoms with E-state index in [1.807, 2.05) is 0 Å². The van der Waals surface area contributed by atoms with Crippen LogP contribution in [0.15, 0.2) is 42.5 Å². The quantitative estimate of drug-likeness (QED) is 0.763. The van der Waals surface area contributed by atoms with Crippen LogP contribution in [0, 0.1) is 0 Å². The van der Waals surface area contributed by atoms with E-state index in [2.05, 4.69) is 10.6 Å². The molecule has 0 radical (unpaired) electrons. The highest BCUT2D eigenvalue weighted by Crippen LogP contribution is 2.36. The van der Waals surface area contributed by atoms with Crippen molar-refractivity contribution >= 4 is 34.8 Å². The van der Waals surface area contributed by atoms with Crippen molar-refractivity contribution in [3.63, 3.8) is 0 Å². The van der Waals surface area contributed by atoms with Gasteiger partial charge in [0.05, 0.1) is 10.6 Å². The van der Waals surface area contributed by atoms with Gasteiger partial charge in [-0.3, -0.25) is 9.59 Å². The first-order valence-electron chi connectivity index (χ1n) is 8.44. The maximum Gasteiger partial charge on any atom is 0.417 e. The van der Waals surface area contributed by atoms with Crippen LogP contribution in [0.5, 0.6) is 0 Å². The van der Waals surface area contributed by atoms with Crippen LogP contribution in [-0.4, -0.2) is 24.5 Å². The second kappa shape index (κ2) is 8.20. The van der Waals surface area contributed by atoms with Crippen LogP contribution in [-0.2, 0) is 15.7 Å². The fraction of sp³-hybridized carbons (Fsp3) is 0.263. The van der Waals surface area contributed by atoms with E-state index in [9.17, 15) is 22.8 Å². The summed E-state index contributed by atoms with van der Waals surface area (Å²) in [6.45, 7) is 0.554. The summed E-state index contributed by atoms with van der Waals surface area (Å²) in [7, 11) is 0. The molecule has 148 valence electrons. The second-order valence-electron chi connectivity index (χ2n) is 6.21. The van der Waals surface area contributed by atoms with E-state index >= 15 is 0 Å². The minimum Gasteiger partial charge on any atom is -0.368 e. The average molecular weight is 413 g/mol. The lowest BCUT2D eigenvalue weighted by atomic mass is 10.1. The number of nitrogens with one attached hydrogen (secondary N) is 2. The van der Waals surface area contributed by atoms with E-state index in [-0.39, 0.29) is 17.2 Å². The van der Waals surface area contributed by atoms with Crippen molar-refractivity contribution in [2.45, 2.75) is 25.1 Å². The topological polar surface area (TPSA) is 67.4 Å². The third-order valence-corrected chi connectivity index (χ3v) is 4.50. The molecule has 0 saturated carbocycles. The van der Waals surface area contributed by atoms with Crippen LogP contribution in [0.1, 0.15) is 28.8 Å². The van der Waals surface area contributed by atoms with Crippen LogP contribution in [0.2, 0.25) is 5.02 Å². The van der Waals surface area contributed by atoms with Crippen LogP contribution < -0.4 is 10.6 Å². The number of halogens is 4. The average Bonchev–Trinajstić information content (AvgIpc) is 3.18. The Morgan fingerprint density at radius 3 is 2.32 bits per heavy atom. The van der Waals surface area contributed by atoms with Crippen molar-refractivity contribution in [3.05, 3.63) is 58.6 Å². The van der Waals surface area contributed by atoms with Gasteiger partial charge in [-0.2, -0.15) is 13.2 Å². The third-order valence-electron chi connectivity index (χ3n) is 4.17. The van der Waals surface area contributed by atoms with Crippen molar-refractivity contribution in [1.29, 1.82) is 0 Å². The Morgan fingerprint density at radius 1 is 1.04 bits per heavy atom. The van der Waals surface area contributed by atoms with Gasteiger partial charge in [0.1, 0.15) is 6.10 Å². The van der Waals surface area contributed by atoms with E-state index in [0.717, 1.165) is 18.6 Å². The molecule has 1 atom stereocenters. The highest BCUT2D eigenvalue weighted by molar-refractivity contribution is 6.31. The van der Waals surface area contributed by atoms with Crippen LogP contribution in [0.3, 0.4) is 0 Å².